The fraction of sp³-hybridized carbons (Fsp3) is 0.323. The topological polar surface area (TPSA) is 132 Å². The van der Waals surface area contributed by atoms with Crippen LogP contribution in [-0.4, -0.2) is 55.4 Å². The second kappa shape index (κ2) is 11.8. The molecule has 1 saturated heterocycles. The van der Waals surface area contributed by atoms with Crippen LogP contribution in [0.25, 0.3) is 22.3 Å². The van der Waals surface area contributed by atoms with Crippen LogP contribution in [0.1, 0.15) is 33.6 Å². The van der Waals surface area contributed by atoms with Crippen LogP contribution in [0.2, 0.25) is 0 Å². The number of benzene rings is 2. The molecule has 3 heterocycles. The Kier molecular flexibility index (Phi) is 7.99. The van der Waals surface area contributed by atoms with Crippen LogP contribution in [0.5, 0.6) is 11.5 Å². The molecule has 41 heavy (non-hydrogen) atoms. The monoisotopic (exact) mass is 551 g/mol. The van der Waals surface area contributed by atoms with Crippen molar-refractivity contribution in [2.24, 2.45) is 0 Å². The number of nitriles is 1. The molecule has 5 rings (SSSR count). The fourth-order valence-corrected chi connectivity index (χ4v) is 5.22. The summed E-state index contributed by atoms with van der Waals surface area (Å²) in [6, 6.07) is 19.1. The number of rotatable bonds is 9. The summed E-state index contributed by atoms with van der Waals surface area (Å²) < 4.78 is 13.4. The number of anilines is 1. The van der Waals surface area contributed by atoms with Gasteiger partial charge in [0.2, 0.25) is 0 Å². The number of likely N-dealkylation sites (tertiary alicyclic amines) is 1. The molecule has 1 atom stereocenters. The Bertz CT molecular complexity index is 1600. The highest BCUT2D eigenvalue weighted by Crippen LogP contribution is 2.33. The molecular weight excluding hydrogens is 518 g/mol. The molecule has 0 spiro atoms. The van der Waals surface area contributed by atoms with Crippen LogP contribution < -0.4 is 10.5 Å². The number of carbonyl (C=O) groups is 1. The van der Waals surface area contributed by atoms with E-state index in [0.717, 1.165) is 24.2 Å². The highest BCUT2D eigenvalue weighted by Gasteiger charge is 2.33. The Morgan fingerprint density at radius 2 is 1.88 bits per heavy atom. The van der Waals surface area contributed by atoms with Crippen LogP contribution in [0.15, 0.2) is 72.6 Å². The van der Waals surface area contributed by atoms with Gasteiger partial charge in [0.15, 0.2) is 5.65 Å². The number of carbonyl (C=O) groups excluding carboxylic acids is 1. The van der Waals surface area contributed by atoms with Crippen molar-refractivity contribution in [3.8, 4) is 28.8 Å². The number of hydrogen-bond donors (Lipinski definition) is 1. The van der Waals surface area contributed by atoms with Gasteiger partial charge in [0.1, 0.15) is 41.0 Å². The largest absolute Gasteiger partial charge is 0.457 e. The van der Waals surface area contributed by atoms with Crippen molar-refractivity contribution in [2.75, 3.05) is 18.9 Å². The summed E-state index contributed by atoms with van der Waals surface area (Å²) in [6.07, 6.45) is 4.63. The molecule has 4 aromatic rings. The normalized spacial score (nSPS) is 15.7. The highest BCUT2D eigenvalue weighted by molar-refractivity contribution is 5.99. The van der Waals surface area contributed by atoms with E-state index in [0.29, 0.717) is 48.0 Å². The molecular formula is C31H33N7O3. The lowest BCUT2D eigenvalue weighted by molar-refractivity contribution is -0.127. The van der Waals surface area contributed by atoms with E-state index in [4.69, 9.17) is 20.3 Å². The van der Waals surface area contributed by atoms with E-state index >= 15 is 0 Å². The molecule has 0 saturated carbocycles. The zero-order chi connectivity index (χ0) is 29.0. The van der Waals surface area contributed by atoms with Crippen molar-refractivity contribution in [3.05, 3.63) is 72.6 Å². The maximum absolute atomic E-state index is 13.5. The summed E-state index contributed by atoms with van der Waals surface area (Å²) in [5, 5.41) is 15.3. The van der Waals surface area contributed by atoms with Gasteiger partial charge in [-0.05, 0) is 76.1 Å². The van der Waals surface area contributed by atoms with E-state index in [-0.39, 0.29) is 17.5 Å². The molecule has 2 aromatic carbocycles. The van der Waals surface area contributed by atoms with Crippen molar-refractivity contribution >= 4 is 22.8 Å². The molecule has 0 unspecified atom stereocenters. The van der Waals surface area contributed by atoms with E-state index in [1.807, 2.05) is 75.4 Å². The van der Waals surface area contributed by atoms with Gasteiger partial charge < -0.3 is 20.1 Å². The van der Waals surface area contributed by atoms with Gasteiger partial charge in [-0.25, -0.2) is 14.6 Å². The summed E-state index contributed by atoms with van der Waals surface area (Å²) in [5.74, 6) is 1.47. The third-order valence-corrected chi connectivity index (χ3v) is 7.05. The Morgan fingerprint density at radius 1 is 1.15 bits per heavy atom. The number of fused-ring (bicyclic) bond motifs is 1. The first-order valence-electron chi connectivity index (χ1n) is 13.7. The van der Waals surface area contributed by atoms with Gasteiger partial charge in [0.05, 0.1) is 23.6 Å². The highest BCUT2D eigenvalue weighted by atomic mass is 16.5. The SMILES string of the molecule is CCOC(C)(C)C=C(C#N)C(=O)N1CCC[C@@H]1Cn1nc(-c2ccc(Oc3ccccc3)cc2)c2c(N)ncnc21. The molecule has 2 N–H and O–H groups in total. The Labute approximate surface area is 239 Å². The molecule has 0 bridgehead atoms. The third-order valence-electron chi connectivity index (χ3n) is 7.05. The molecule has 10 nitrogen and oxygen atoms in total. The average Bonchev–Trinajstić information content (AvgIpc) is 3.58. The first kappa shape index (κ1) is 27.8. The van der Waals surface area contributed by atoms with Crippen molar-refractivity contribution in [1.29, 1.82) is 5.26 Å². The van der Waals surface area contributed by atoms with Crippen LogP contribution in [0, 0.1) is 11.3 Å². The third kappa shape index (κ3) is 6.05. The number of aromatic nitrogens is 4. The van der Waals surface area contributed by atoms with E-state index in [1.165, 1.54) is 6.33 Å². The first-order chi connectivity index (χ1) is 19.8. The Morgan fingerprint density at radius 3 is 2.59 bits per heavy atom. The molecule has 0 radical (unpaired) electrons. The molecule has 1 fully saturated rings. The van der Waals surface area contributed by atoms with Gasteiger partial charge in [0.25, 0.3) is 5.91 Å². The predicted molar refractivity (Wildman–Crippen MR) is 156 cm³/mol. The minimum absolute atomic E-state index is 0.0748. The Hall–Kier alpha value is -4.75. The molecule has 210 valence electrons. The number of nitrogen functional groups attached to an aromatic ring is 1. The maximum atomic E-state index is 13.5. The van der Waals surface area contributed by atoms with Gasteiger partial charge in [0, 0.05) is 18.7 Å². The lowest BCUT2D eigenvalue weighted by Gasteiger charge is -2.26. The number of ether oxygens (including phenoxy) is 2. The van der Waals surface area contributed by atoms with E-state index in [2.05, 4.69) is 16.0 Å². The summed E-state index contributed by atoms with van der Waals surface area (Å²) in [7, 11) is 0. The molecule has 10 heteroatoms. The van der Waals surface area contributed by atoms with Crippen LogP contribution in [0.4, 0.5) is 5.82 Å². The number of amides is 1. The van der Waals surface area contributed by atoms with Gasteiger partial charge >= 0.3 is 0 Å². The van der Waals surface area contributed by atoms with Crippen LogP contribution >= 0.6 is 0 Å². The van der Waals surface area contributed by atoms with Gasteiger partial charge in [-0.1, -0.05) is 18.2 Å². The predicted octanol–water partition coefficient (Wildman–Crippen LogP) is 5.12. The van der Waals surface area contributed by atoms with E-state index in [1.54, 1.807) is 15.7 Å². The van der Waals surface area contributed by atoms with Gasteiger partial charge in [-0.15, -0.1) is 0 Å². The lowest BCUT2D eigenvalue weighted by atomic mass is 10.0. The summed E-state index contributed by atoms with van der Waals surface area (Å²) in [6.45, 7) is 7.00. The molecule has 1 aliphatic rings. The minimum Gasteiger partial charge on any atom is -0.457 e. The quantitative estimate of drug-likeness (QED) is 0.224. The Balaban J connectivity index is 1.42. The second-order valence-corrected chi connectivity index (χ2v) is 10.4. The van der Waals surface area contributed by atoms with Crippen LogP contribution in [-0.2, 0) is 16.1 Å². The van der Waals surface area contributed by atoms with Crippen molar-refractivity contribution in [2.45, 2.75) is 51.8 Å². The zero-order valence-electron chi connectivity index (χ0n) is 23.4. The van der Waals surface area contributed by atoms with Crippen LogP contribution in [0.3, 0.4) is 0 Å². The van der Waals surface area contributed by atoms with Crippen molar-refractivity contribution in [1.82, 2.24) is 24.6 Å². The maximum Gasteiger partial charge on any atom is 0.264 e. The summed E-state index contributed by atoms with van der Waals surface area (Å²) in [5.41, 5.74) is 7.74. The average molecular weight is 552 g/mol. The van der Waals surface area contributed by atoms with Gasteiger partial charge in [-0.3, -0.25) is 4.79 Å². The van der Waals surface area contributed by atoms with E-state index < -0.39 is 5.60 Å². The number of nitrogens with zero attached hydrogens (tertiary/aromatic N) is 6. The van der Waals surface area contributed by atoms with E-state index in [9.17, 15) is 10.1 Å². The summed E-state index contributed by atoms with van der Waals surface area (Å²) >= 11 is 0. The smallest absolute Gasteiger partial charge is 0.264 e. The van der Waals surface area contributed by atoms with Gasteiger partial charge in [-0.2, -0.15) is 10.4 Å². The first-order valence-corrected chi connectivity index (χ1v) is 13.7. The zero-order valence-corrected chi connectivity index (χ0v) is 23.4. The number of para-hydroxylation sites is 1. The minimum atomic E-state index is -0.728. The van der Waals surface area contributed by atoms with Crippen molar-refractivity contribution < 1.29 is 14.3 Å². The molecule has 2 aromatic heterocycles. The molecule has 1 aliphatic heterocycles. The molecule has 0 aliphatic carbocycles. The lowest BCUT2D eigenvalue weighted by Crippen LogP contribution is -2.39. The number of nitrogens with two attached hydrogens (primary N) is 1. The standard InChI is InChI=1S/C31H33N7O3/c1-4-40-31(2,3)17-22(18-32)30(39)37-16-8-9-23(37)19-38-29-26(28(33)34-20-35-29)27(36-38)21-12-14-25(15-13-21)41-24-10-6-5-7-11-24/h5-7,10-15,17,20,23H,4,8-9,16,19H2,1-3H3,(H2,33,34,35)/t23-/m1/s1. The molecule has 1 amide bonds. The summed E-state index contributed by atoms with van der Waals surface area (Å²) in [4.78, 5) is 23.9. The fourth-order valence-electron chi connectivity index (χ4n) is 5.22. The second-order valence-electron chi connectivity index (χ2n) is 10.4. The number of hydrogen-bond acceptors (Lipinski definition) is 8. The van der Waals surface area contributed by atoms with Crippen molar-refractivity contribution in [3.63, 3.8) is 0 Å².